The fourth-order valence-corrected chi connectivity index (χ4v) is 4.96. The number of amides is 1. The van der Waals surface area contributed by atoms with Gasteiger partial charge in [-0.25, -0.2) is 8.42 Å². The lowest BCUT2D eigenvalue weighted by Crippen LogP contribution is -2.31. The van der Waals surface area contributed by atoms with E-state index in [1.807, 2.05) is 42.5 Å². The summed E-state index contributed by atoms with van der Waals surface area (Å²) < 4.78 is 26.1. The molecule has 0 saturated carbocycles. The van der Waals surface area contributed by atoms with Gasteiger partial charge in [0, 0.05) is 5.56 Å². The van der Waals surface area contributed by atoms with E-state index in [4.69, 9.17) is 0 Å². The Labute approximate surface area is 183 Å². The first-order valence-electron chi connectivity index (χ1n) is 10.4. The van der Waals surface area contributed by atoms with Crippen LogP contribution in [0, 0.1) is 0 Å². The number of rotatable bonds is 6. The van der Waals surface area contributed by atoms with Crippen LogP contribution in [0.25, 0.3) is 0 Å². The lowest BCUT2D eigenvalue weighted by Gasteiger charge is -2.26. The Balaban J connectivity index is 1.51. The summed E-state index contributed by atoms with van der Waals surface area (Å²) in [5.74, 6) is -0.151. The zero-order valence-electron chi connectivity index (χ0n) is 17.5. The first-order valence-corrected chi connectivity index (χ1v) is 12.3. The van der Waals surface area contributed by atoms with Crippen molar-refractivity contribution in [3.8, 4) is 0 Å². The van der Waals surface area contributed by atoms with E-state index in [1.165, 1.54) is 21.7 Å². The molecule has 160 valence electrons. The van der Waals surface area contributed by atoms with E-state index in [0.29, 0.717) is 11.3 Å². The molecule has 1 aliphatic rings. The minimum Gasteiger partial charge on any atom is -0.345 e. The van der Waals surface area contributed by atoms with Crippen LogP contribution in [0.1, 0.15) is 45.9 Å². The molecule has 0 fully saturated rings. The monoisotopic (exact) mass is 434 g/mol. The quantitative estimate of drug-likeness (QED) is 0.623. The topological polar surface area (TPSA) is 66.5 Å². The van der Waals surface area contributed by atoms with Gasteiger partial charge in [-0.1, -0.05) is 54.6 Å². The molecule has 0 saturated heterocycles. The molecular formula is C25H26N2O3S. The molecule has 31 heavy (non-hydrogen) atoms. The highest BCUT2D eigenvalue weighted by molar-refractivity contribution is 7.92. The van der Waals surface area contributed by atoms with Gasteiger partial charge in [-0.05, 0) is 60.2 Å². The summed E-state index contributed by atoms with van der Waals surface area (Å²) in [7, 11) is -3.47. The van der Waals surface area contributed by atoms with Crippen LogP contribution in [0.4, 0.5) is 5.69 Å². The average molecular weight is 435 g/mol. The molecule has 0 aromatic heterocycles. The van der Waals surface area contributed by atoms with Crippen LogP contribution in [0.2, 0.25) is 0 Å². The van der Waals surface area contributed by atoms with Gasteiger partial charge in [0.15, 0.2) is 0 Å². The molecule has 1 N–H and O–H groups in total. The summed E-state index contributed by atoms with van der Waals surface area (Å²) in [4.78, 5) is 12.8. The average Bonchev–Trinajstić information content (AvgIpc) is 2.78. The molecule has 3 aromatic rings. The molecule has 0 aliphatic heterocycles. The number of benzene rings is 3. The summed E-state index contributed by atoms with van der Waals surface area (Å²) in [5.41, 5.74) is 4.42. The molecule has 0 bridgehead atoms. The normalized spacial score (nSPS) is 15.7. The molecule has 0 heterocycles. The number of hydrogen-bond donors (Lipinski definition) is 1. The number of hydrogen-bond acceptors (Lipinski definition) is 3. The molecule has 1 atom stereocenters. The number of carbonyl (C=O) groups is 1. The first kappa shape index (κ1) is 21.1. The number of fused-ring (bicyclic) bond motifs is 1. The maximum absolute atomic E-state index is 12.8. The maximum atomic E-state index is 12.8. The van der Waals surface area contributed by atoms with Gasteiger partial charge >= 0.3 is 0 Å². The third-order valence-corrected chi connectivity index (χ3v) is 6.80. The molecule has 0 radical (unpaired) electrons. The number of anilines is 1. The molecule has 1 unspecified atom stereocenters. The molecule has 1 aliphatic carbocycles. The Bertz CT molecular complexity index is 1160. The Morgan fingerprint density at radius 3 is 2.35 bits per heavy atom. The van der Waals surface area contributed by atoms with E-state index in [2.05, 4.69) is 17.4 Å². The fourth-order valence-electron chi connectivity index (χ4n) is 4.07. The van der Waals surface area contributed by atoms with Crippen molar-refractivity contribution in [3.05, 3.63) is 101 Å². The minimum absolute atomic E-state index is 0.00252. The summed E-state index contributed by atoms with van der Waals surface area (Å²) in [6.07, 6.45) is 4.19. The van der Waals surface area contributed by atoms with Crippen LogP contribution in [0.3, 0.4) is 0 Å². The number of nitrogens with zero attached hydrogens (tertiary/aromatic N) is 1. The number of sulfonamides is 1. The van der Waals surface area contributed by atoms with Gasteiger partial charge in [-0.3, -0.25) is 9.10 Å². The second kappa shape index (κ2) is 8.94. The predicted molar refractivity (Wildman–Crippen MR) is 123 cm³/mol. The summed E-state index contributed by atoms with van der Waals surface area (Å²) >= 11 is 0. The summed E-state index contributed by atoms with van der Waals surface area (Å²) in [6.45, 7) is 0.240. The number of carbonyl (C=O) groups excluding carboxylic acids is 1. The van der Waals surface area contributed by atoms with Crippen molar-refractivity contribution in [3.63, 3.8) is 0 Å². The largest absolute Gasteiger partial charge is 0.345 e. The lowest BCUT2D eigenvalue weighted by atomic mass is 9.87. The van der Waals surface area contributed by atoms with Crippen molar-refractivity contribution in [1.82, 2.24) is 5.32 Å². The van der Waals surface area contributed by atoms with E-state index in [0.717, 1.165) is 24.8 Å². The van der Waals surface area contributed by atoms with Crippen molar-refractivity contribution in [2.24, 2.45) is 0 Å². The third-order valence-electron chi connectivity index (χ3n) is 5.66. The van der Waals surface area contributed by atoms with Crippen LogP contribution in [0.5, 0.6) is 0 Å². The Hall–Kier alpha value is -3.12. The maximum Gasteiger partial charge on any atom is 0.251 e. The van der Waals surface area contributed by atoms with Gasteiger partial charge in [0.25, 0.3) is 5.91 Å². The van der Waals surface area contributed by atoms with E-state index in [-0.39, 0.29) is 18.5 Å². The highest BCUT2D eigenvalue weighted by Gasteiger charge is 2.22. The second-order valence-corrected chi connectivity index (χ2v) is 9.83. The van der Waals surface area contributed by atoms with Crippen molar-refractivity contribution in [2.45, 2.75) is 31.8 Å². The number of nitrogens with one attached hydrogen (secondary N) is 1. The summed E-state index contributed by atoms with van der Waals surface area (Å²) in [6, 6.07) is 24.4. The Morgan fingerprint density at radius 1 is 0.968 bits per heavy atom. The highest BCUT2D eigenvalue weighted by Crippen LogP contribution is 2.30. The smallest absolute Gasteiger partial charge is 0.251 e. The van der Waals surface area contributed by atoms with Crippen molar-refractivity contribution >= 4 is 21.6 Å². The Morgan fingerprint density at radius 2 is 1.65 bits per heavy atom. The number of aryl methyl sites for hydroxylation is 1. The van der Waals surface area contributed by atoms with Gasteiger partial charge in [-0.15, -0.1) is 0 Å². The molecule has 1 amide bonds. The van der Waals surface area contributed by atoms with Crippen LogP contribution >= 0.6 is 0 Å². The van der Waals surface area contributed by atoms with Crippen LogP contribution in [-0.2, 0) is 23.0 Å². The SMILES string of the molecule is CS(=O)(=O)N(Cc1ccccc1)c1ccc(C(=O)NC2CCCc3ccccc32)cc1. The van der Waals surface area contributed by atoms with Gasteiger partial charge < -0.3 is 5.32 Å². The van der Waals surface area contributed by atoms with Gasteiger partial charge in [-0.2, -0.15) is 0 Å². The van der Waals surface area contributed by atoms with Crippen LogP contribution in [0.15, 0.2) is 78.9 Å². The van der Waals surface area contributed by atoms with Gasteiger partial charge in [0.1, 0.15) is 0 Å². The first-order chi connectivity index (χ1) is 14.9. The lowest BCUT2D eigenvalue weighted by molar-refractivity contribution is 0.0932. The van der Waals surface area contributed by atoms with E-state index in [9.17, 15) is 13.2 Å². The van der Waals surface area contributed by atoms with Crippen molar-refractivity contribution < 1.29 is 13.2 Å². The predicted octanol–water partition coefficient (Wildman–Crippen LogP) is 4.46. The highest BCUT2D eigenvalue weighted by atomic mass is 32.2. The fraction of sp³-hybridized carbons (Fsp3) is 0.240. The molecule has 4 rings (SSSR count). The van der Waals surface area contributed by atoms with Crippen molar-refractivity contribution in [2.75, 3.05) is 10.6 Å². The van der Waals surface area contributed by atoms with Crippen molar-refractivity contribution in [1.29, 1.82) is 0 Å². The third kappa shape index (κ3) is 4.97. The molecule has 5 nitrogen and oxygen atoms in total. The molecular weight excluding hydrogens is 408 g/mol. The Kier molecular flexibility index (Phi) is 6.09. The molecule has 3 aromatic carbocycles. The second-order valence-electron chi connectivity index (χ2n) is 7.92. The molecule has 6 heteroatoms. The van der Waals surface area contributed by atoms with E-state index >= 15 is 0 Å². The molecule has 0 spiro atoms. The van der Waals surface area contributed by atoms with Crippen LogP contribution in [-0.4, -0.2) is 20.6 Å². The van der Waals surface area contributed by atoms with Gasteiger partial charge in [0.2, 0.25) is 10.0 Å². The van der Waals surface area contributed by atoms with E-state index < -0.39 is 10.0 Å². The minimum atomic E-state index is -3.47. The zero-order chi connectivity index (χ0) is 21.8. The summed E-state index contributed by atoms with van der Waals surface area (Å²) in [5, 5.41) is 3.14. The van der Waals surface area contributed by atoms with Gasteiger partial charge in [0.05, 0.1) is 24.5 Å². The van der Waals surface area contributed by atoms with Crippen LogP contribution < -0.4 is 9.62 Å². The zero-order valence-corrected chi connectivity index (χ0v) is 18.3. The standard InChI is InChI=1S/C25H26N2O3S/c1-31(29,30)27(18-19-8-3-2-4-9-19)22-16-14-21(15-17-22)25(28)26-24-13-7-11-20-10-5-6-12-23(20)24/h2-6,8-10,12,14-17,24H,7,11,13,18H2,1H3,(H,26,28). The van der Waals surface area contributed by atoms with E-state index in [1.54, 1.807) is 24.3 Å².